The molecule has 0 radical (unpaired) electrons. The second-order valence-electron chi connectivity index (χ2n) is 3.70. The Kier molecular flexibility index (Phi) is 1.04. The SMILES string of the molecule is Fc1cccc2c1CNC21CC1. The standard InChI is InChI=1S/C10H10FN/c11-9-3-1-2-8-7(9)6-12-10(8)4-5-10/h1-3,12H,4-6H2. The molecule has 2 heteroatoms. The van der Waals surface area contributed by atoms with E-state index in [2.05, 4.69) is 5.32 Å². The van der Waals surface area contributed by atoms with E-state index in [1.807, 2.05) is 6.07 Å². The molecule has 0 unspecified atom stereocenters. The van der Waals surface area contributed by atoms with Crippen LogP contribution in [0.5, 0.6) is 0 Å². The van der Waals surface area contributed by atoms with Crippen molar-refractivity contribution in [3.8, 4) is 0 Å². The van der Waals surface area contributed by atoms with Gasteiger partial charge in [-0.25, -0.2) is 4.39 Å². The Hall–Kier alpha value is -0.890. The Morgan fingerprint density at radius 1 is 1.33 bits per heavy atom. The maximum Gasteiger partial charge on any atom is 0.128 e. The molecule has 3 rings (SSSR count). The summed E-state index contributed by atoms with van der Waals surface area (Å²) in [6.45, 7) is 0.710. The topological polar surface area (TPSA) is 12.0 Å². The molecule has 2 aliphatic rings. The number of hydrogen-bond donors (Lipinski definition) is 1. The van der Waals surface area contributed by atoms with Crippen molar-refractivity contribution in [2.45, 2.75) is 24.9 Å². The van der Waals surface area contributed by atoms with Gasteiger partial charge in [0.25, 0.3) is 0 Å². The number of fused-ring (bicyclic) bond motifs is 2. The largest absolute Gasteiger partial charge is 0.303 e. The molecule has 0 aromatic heterocycles. The maximum absolute atomic E-state index is 13.2. The van der Waals surface area contributed by atoms with Crippen molar-refractivity contribution in [1.82, 2.24) is 5.32 Å². The highest BCUT2D eigenvalue weighted by Gasteiger charge is 2.49. The van der Waals surface area contributed by atoms with Crippen LogP contribution in [0.2, 0.25) is 0 Å². The minimum atomic E-state index is -0.0521. The van der Waals surface area contributed by atoms with Crippen LogP contribution in [0.3, 0.4) is 0 Å². The molecule has 1 heterocycles. The monoisotopic (exact) mass is 163 g/mol. The summed E-state index contributed by atoms with van der Waals surface area (Å²) in [7, 11) is 0. The normalized spacial score (nSPS) is 22.8. The molecule has 62 valence electrons. The third-order valence-electron chi connectivity index (χ3n) is 2.99. The van der Waals surface area contributed by atoms with Gasteiger partial charge in [0.2, 0.25) is 0 Å². The molecule has 1 saturated carbocycles. The zero-order chi connectivity index (χ0) is 8.18. The number of rotatable bonds is 0. The van der Waals surface area contributed by atoms with E-state index in [4.69, 9.17) is 0 Å². The predicted molar refractivity (Wildman–Crippen MR) is 44.2 cm³/mol. The van der Waals surface area contributed by atoms with E-state index in [1.54, 1.807) is 12.1 Å². The van der Waals surface area contributed by atoms with E-state index >= 15 is 0 Å². The van der Waals surface area contributed by atoms with Crippen molar-refractivity contribution in [3.05, 3.63) is 35.1 Å². The van der Waals surface area contributed by atoms with Gasteiger partial charge in [-0.3, -0.25) is 0 Å². The lowest BCUT2D eigenvalue weighted by molar-refractivity contribution is 0.567. The van der Waals surface area contributed by atoms with Crippen LogP contribution >= 0.6 is 0 Å². The van der Waals surface area contributed by atoms with Crippen molar-refractivity contribution in [3.63, 3.8) is 0 Å². The van der Waals surface area contributed by atoms with Crippen LogP contribution in [-0.2, 0) is 12.1 Å². The molecule has 1 aliphatic heterocycles. The minimum absolute atomic E-state index is 0.0521. The van der Waals surface area contributed by atoms with Crippen LogP contribution in [0.1, 0.15) is 24.0 Å². The molecule has 1 aromatic rings. The van der Waals surface area contributed by atoms with Gasteiger partial charge in [0.15, 0.2) is 0 Å². The Labute approximate surface area is 70.6 Å². The van der Waals surface area contributed by atoms with Crippen molar-refractivity contribution in [2.75, 3.05) is 0 Å². The molecule has 1 N–H and O–H groups in total. The van der Waals surface area contributed by atoms with E-state index in [-0.39, 0.29) is 11.4 Å². The fourth-order valence-electron chi connectivity index (χ4n) is 2.11. The summed E-state index contributed by atoms with van der Waals surface area (Å²) in [5.74, 6) is -0.0521. The zero-order valence-corrected chi connectivity index (χ0v) is 6.73. The van der Waals surface area contributed by atoms with Gasteiger partial charge in [-0.15, -0.1) is 0 Å². The highest BCUT2D eigenvalue weighted by molar-refractivity contribution is 5.42. The molecular formula is C10H10FN. The van der Waals surface area contributed by atoms with Gasteiger partial charge in [0, 0.05) is 17.6 Å². The predicted octanol–water partition coefficient (Wildman–Crippen LogP) is 1.92. The fourth-order valence-corrected chi connectivity index (χ4v) is 2.11. The molecule has 1 spiro atoms. The highest BCUT2D eigenvalue weighted by atomic mass is 19.1. The first-order valence-corrected chi connectivity index (χ1v) is 4.35. The Morgan fingerprint density at radius 3 is 2.92 bits per heavy atom. The summed E-state index contributed by atoms with van der Waals surface area (Å²) in [5.41, 5.74) is 2.26. The summed E-state index contributed by atoms with van der Waals surface area (Å²) in [4.78, 5) is 0. The van der Waals surface area contributed by atoms with Crippen molar-refractivity contribution in [1.29, 1.82) is 0 Å². The third kappa shape index (κ3) is 0.661. The Balaban J connectivity index is 2.23. The first kappa shape index (κ1) is 6.61. The maximum atomic E-state index is 13.2. The summed E-state index contributed by atoms with van der Waals surface area (Å²) in [6, 6.07) is 5.40. The molecule has 0 bridgehead atoms. The Morgan fingerprint density at radius 2 is 2.17 bits per heavy atom. The average Bonchev–Trinajstić information content (AvgIpc) is 2.73. The first-order chi connectivity index (χ1) is 5.82. The average molecular weight is 163 g/mol. The number of benzene rings is 1. The molecule has 0 amide bonds. The van der Waals surface area contributed by atoms with Crippen LogP contribution < -0.4 is 5.32 Å². The van der Waals surface area contributed by atoms with Gasteiger partial charge in [0.05, 0.1) is 0 Å². The Bertz CT molecular complexity index is 342. The van der Waals surface area contributed by atoms with Crippen LogP contribution in [0, 0.1) is 5.82 Å². The van der Waals surface area contributed by atoms with E-state index in [1.165, 1.54) is 18.4 Å². The molecule has 1 nitrogen and oxygen atoms in total. The van der Waals surface area contributed by atoms with Crippen molar-refractivity contribution in [2.24, 2.45) is 0 Å². The van der Waals surface area contributed by atoms with E-state index in [0.717, 1.165) is 5.56 Å². The third-order valence-corrected chi connectivity index (χ3v) is 2.99. The molecular weight excluding hydrogens is 153 g/mol. The van der Waals surface area contributed by atoms with Gasteiger partial charge < -0.3 is 5.32 Å². The number of halogens is 1. The molecule has 12 heavy (non-hydrogen) atoms. The van der Waals surface area contributed by atoms with Gasteiger partial charge in [-0.05, 0) is 24.5 Å². The van der Waals surface area contributed by atoms with Gasteiger partial charge >= 0.3 is 0 Å². The lowest BCUT2D eigenvalue weighted by atomic mass is 10.0. The van der Waals surface area contributed by atoms with Crippen LogP contribution in [0.15, 0.2) is 18.2 Å². The second-order valence-corrected chi connectivity index (χ2v) is 3.70. The quantitative estimate of drug-likeness (QED) is 0.616. The molecule has 1 fully saturated rings. The number of hydrogen-bond acceptors (Lipinski definition) is 1. The van der Waals surface area contributed by atoms with E-state index < -0.39 is 0 Å². The van der Waals surface area contributed by atoms with Crippen molar-refractivity contribution >= 4 is 0 Å². The summed E-state index contributed by atoms with van der Waals surface area (Å²) in [6.07, 6.45) is 2.34. The second kappa shape index (κ2) is 1.88. The first-order valence-electron chi connectivity index (χ1n) is 4.35. The van der Waals surface area contributed by atoms with Gasteiger partial charge in [-0.2, -0.15) is 0 Å². The molecule has 0 saturated heterocycles. The highest BCUT2D eigenvalue weighted by Crippen LogP contribution is 2.50. The van der Waals surface area contributed by atoms with Crippen LogP contribution in [-0.4, -0.2) is 0 Å². The molecule has 0 atom stereocenters. The van der Waals surface area contributed by atoms with Crippen molar-refractivity contribution < 1.29 is 4.39 Å². The lowest BCUT2D eigenvalue weighted by Crippen LogP contribution is -2.19. The summed E-state index contributed by atoms with van der Waals surface area (Å²) in [5, 5.41) is 3.37. The van der Waals surface area contributed by atoms with Crippen LogP contribution in [0.25, 0.3) is 0 Å². The number of nitrogens with one attached hydrogen (secondary N) is 1. The van der Waals surface area contributed by atoms with E-state index in [0.29, 0.717) is 6.54 Å². The van der Waals surface area contributed by atoms with Gasteiger partial charge in [-0.1, -0.05) is 12.1 Å². The minimum Gasteiger partial charge on any atom is -0.303 e. The fraction of sp³-hybridized carbons (Fsp3) is 0.400. The summed E-state index contributed by atoms with van der Waals surface area (Å²) >= 11 is 0. The summed E-state index contributed by atoms with van der Waals surface area (Å²) < 4.78 is 13.2. The molecule has 1 aromatic carbocycles. The smallest absolute Gasteiger partial charge is 0.128 e. The van der Waals surface area contributed by atoms with E-state index in [9.17, 15) is 4.39 Å². The molecule has 1 aliphatic carbocycles. The van der Waals surface area contributed by atoms with Gasteiger partial charge in [0.1, 0.15) is 5.82 Å². The lowest BCUT2D eigenvalue weighted by Gasteiger charge is -2.07. The van der Waals surface area contributed by atoms with Crippen LogP contribution in [0.4, 0.5) is 4.39 Å². The zero-order valence-electron chi connectivity index (χ0n) is 6.73.